The van der Waals surface area contributed by atoms with Gasteiger partial charge in [-0.15, -0.1) is 0 Å². The van der Waals surface area contributed by atoms with E-state index >= 15 is 0 Å². The number of anilines is 2. The highest BCUT2D eigenvalue weighted by Gasteiger charge is 2.02. The number of hydrogen-bond donors (Lipinski definition) is 2. The lowest BCUT2D eigenvalue weighted by Gasteiger charge is -2.08. The zero-order chi connectivity index (χ0) is 15.3. The number of nitrogens with two attached hydrogens (primary N) is 1. The molecule has 0 radical (unpaired) electrons. The lowest BCUT2D eigenvalue weighted by atomic mass is 10.3. The molecule has 3 N–H and O–H groups in total. The van der Waals surface area contributed by atoms with Crippen LogP contribution in [0.4, 0.5) is 11.6 Å². The molecule has 120 valence electrons. The summed E-state index contributed by atoms with van der Waals surface area (Å²) >= 11 is 0. The maximum absolute atomic E-state index is 5.75. The number of methoxy groups -OCH3 is 1. The maximum atomic E-state index is 5.75. The summed E-state index contributed by atoms with van der Waals surface area (Å²) in [6.07, 6.45) is 1.99. The zero-order valence-corrected chi connectivity index (χ0v) is 12.9. The van der Waals surface area contributed by atoms with Crippen LogP contribution in [0.15, 0.2) is 6.07 Å². The molecule has 0 fully saturated rings. The van der Waals surface area contributed by atoms with E-state index in [0.29, 0.717) is 38.1 Å². The third kappa shape index (κ3) is 8.44. The number of nitrogens with one attached hydrogen (secondary N) is 1. The Hall–Kier alpha value is -1.44. The van der Waals surface area contributed by atoms with E-state index in [1.807, 2.05) is 6.92 Å². The average molecular weight is 298 g/mol. The van der Waals surface area contributed by atoms with E-state index in [4.69, 9.17) is 19.9 Å². The number of rotatable bonds is 12. The van der Waals surface area contributed by atoms with Crippen molar-refractivity contribution in [2.24, 2.45) is 0 Å². The molecule has 0 saturated heterocycles. The van der Waals surface area contributed by atoms with Crippen LogP contribution in [0.25, 0.3) is 0 Å². The first-order chi connectivity index (χ1) is 10.3. The fourth-order valence-corrected chi connectivity index (χ4v) is 1.66. The monoisotopic (exact) mass is 298 g/mol. The Morgan fingerprint density at radius 2 is 2.00 bits per heavy atom. The van der Waals surface area contributed by atoms with Crippen LogP contribution in [0.5, 0.6) is 0 Å². The van der Waals surface area contributed by atoms with E-state index < -0.39 is 0 Å². The molecule has 0 saturated carbocycles. The summed E-state index contributed by atoms with van der Waals surface area (Å²) in [5.41, 5.74) is 5.75. The first-order valence-electron chi connectivity index (χ1n) is 7.28. The molecule has 0 aliphatic carbocycles. The highest BCUT2D eigenvalue weighted by atomic mass is 16.5. The summed E-state index contributed by atoms with van der Waals surface area (Å²) in [6.45, 7) is 5.78. The van der Waals surface area contributed by atoms with Gasteiger partial charge in [0.1, 0.15) is 18.2 Å². The summed E-state index contributed by atoms with van der Waals surface area (Å²) < 4.78 is 15.6. The summed E-state index contributed by atoms with van der Waals surface area (Å²) in [7, 11) is 1.67. The fourth-order valence-electron chi connectivity index (χ4n) is 1.66. The Balaban J connectivity index is 2.20. The van der Waals surface area contributed by atoms with Gasteiger partial charge in [-0.3, -0.25) is 0 Å². The molecular formula is C14H26N4O3. The number of nitrogen functional groups attached to an aromatic ring is 1. The van der Waals surface area contributed by atoms with Crippen LogP contribution < -0.4 is 11.1 Å². The Bertz CT molecular complexity index is 390. The fraction of sp³-hybridized carbons (Fsp3) is 0.714. The third-order valence-corrected chi connectivity index (χ3v) is 2.68. The molecule has 0 spiro atoms. The first-order valence-corrected chi connectivity index (χ1v) is 7.28. The molecule has 0 atom stereocenters. The molecule has 7 heteroatoms. The molecule has 1 aromatic heterocycles. The Labute approximate surface area is 126 Å². The van der Waals surface area contributed by atoms with Crippen molar-refractivity contribution in [3.8, 4) is 0 Å². The highest BCUT2D eigenvalue weighted by Crippen LogP contribution is 2.09. The minimum absolute atomic E-state index is 0.379. The summed E-state index contributed by atoms with van der Waals surface area (Å²) in [4.78, 5) is 8.48. The van der Waals surface area contributed by atoms with Gasteiger partial charge < -0.3 is 25.3 Å². The van der Waals surface area contributed by atoms with Gasteiger partial charge in [-0.1, -0.05) is 0 Å². The molecule has 0 aliphatic heterocycles. The molecule has 1 aromatic rings. The molecule has 0 aliphatic rings. The van der Waals surface area contributed by atoms with Crippen molar-refractivity contribution in [1.82, 2.24) is 9.97 Å². The van der Waals surface area contributed by atoms with Crippen LogP contribution in [-0.4, -0.2) is 50.1 Å². The van der Waals surface area contributed by atoms with Gasteiger partial charge in [0.15, 0.2) is 5.82 Å². The molecule has 21 heavy (non-hydrogen) atoms. The van der Waals surface area contributed by atoms with Crippen molar-refractivity contribution in [3.63, 3.8) is 0 Å². The van der Waals surface area contributed by atoms with Crippen molar-refractivity contribution in [3.05, 3.63) is 11.9 Å². The molecule has 1 rings (SSSR count). The highest BCUT2D eigenvalue weighted by molar-refractivity contribution is 5.44. The molecule has 0 aromatic carbocycles. The third-order valence-electron chi connectivity index (χ3n) is 2.68. The number of aromatic nitrogens is 2. The van der Waals surface area contributed by atoms with E-state index in [-0.39, 0.29) is 0 Å². The van der Waals surface area contributed by atoms with Gasteiger partial charge in [-0.25, -0.2) is 9.97 Å². The summed E-state index contributed by atoms with van der Waals surface area (Å²) in [6, 6.07) is 1.73. The number of ether oxygens (including phenoxy) is 3. The number of hydrogen-bond acceptors (Lipinski definition) is 7. The lowest BCUT2D eigenvalue weighted by molar-refractivity contribution is 0.0691. The molecule has 0 unspecified atom stereocenters. The van der Waals surface area contributed by atoms with Crippen LogP contribution in [0.1, 0.15) is 25.6 Å². The van der Waals surface area contributed by atoms with Crippen LogP contribution in [0.3, 0.4) is 0 Å². The van der Waals surface area contributed by atoms with Gasteiger partial charge >= 0.3 is 0 Å². The lowest BCUT2D eigenvalue weighted by Crippen LogP contribution is -2.09. The van der Waals surface area contributed by atoms with Crippen LogP contribution in [-0.2, 0) is 20.8 Å². The SMILES string of the molecule is CCOCc1nc(N)cc(NCCCCOCCOC)n1. The van der Waals surface area contributed by atoms with Gasteiger partial charge in [0.05, 0.1) is 13.2 Å². The molecule has 0 amide bonds. The van der Waals surface area contributed by atoms with Gasteiger partial charge in [0.2, 0.25) is 0 Å². The number of nitrogens with zero attached hydrogens (tertiary/aromatic N) is 2. The van der Waals surface area contributed by atoms with Crippen molar-refractivity contribution >= 4 is 11.6 Å². The van der Waals surface area contributed by atoms with Crippen molar-refractivity contribution in [2.45, 2.75) is 26.4 Å². The average Bonchev–Trinajstić information content (AvgIpc) is 2.47. The molecular weight excluding hydrogens is 272 g/mol. The summed E-state index contributed by atoms with van der Waals surface area (Å²) in [5, 5.41) is 3.24. The van der Waals surface area contributed by atoms with Crippen molar-refractivity contribution < 1.29 is 14.2 Å². The maximum Gasteiger partial charge on any atom is 0.158 e. The van der Waals surface area contributed by atoms with E-state index in [2.05, 4.69) is 15.3 Å². The normalized spacial score (nSPS) is 10.8. The van der Waals surface area contributed by atoms with Gasteiger partial charge in [0.25, 0.3) is 0 Å². The van der Waals surface area contributed by atoms with Crippen molar-refractivity contribution in [2.75, 3.05) is 51.1 Å². The van der Waals surface area contributed by atoms with Gasteiger partial charge in [0, 0.05) is 32.9 Å². The number of unbranched alkanes of at least 4 members (excludes halogenated alkanes) is 1. The summed E-state index contributed by atoms with van der Waals surface area (Å²) in [5.74, 6) is 1.78. The van der Waals surface area contributed by atoms with E-state index in [1.165, 1.54) is 0 Å². The largest absolute Gasteiger partial charge is 0.384 e. The Morgan fingerprint density at radius 3 is 2.76 bits per heavy atom. The predicted octanol–water partition coefficient (Wildman–Crippen LogP) is 1.45. The first kappa shape index (κ1) is 17.6. The van der Waals surface area contributed by atoms with Crippen LogP contribution in [0.2, 0.25) is 0 Å². The smallest absolute Gasteiger partial charge is 0.158 e. The minimum atomic E-state index is 0.379. The second-order valence-corrected chi connectivity index (χ2v) is 4.47. The van der Waals surface area contributed by atoms with E-state index in [1.54, 1.807) is 13.2 Å². The minimum Gasteiger partial charge on any atom is -0.384 e. The topological polar surface area (TPSA) is 91.5 Å². The van der Waals surface area contributed by atoms with E-state index in [0.717, 1.165) is 31.8 Å². The Morgan fingerprint density at radius 1 is 1.14 bits per heavy atom. The second kappa shape index (κ2) is 11.2. The molecule has 7 nitrogen and oxygen atoms in total. The van der Waals surface area contributed by atoms with E-state index in [9.17, 15) is 0 Å². The van der Waals surface area contributed by atoms with Gasteiger partial charge in [-0.2, -0.15) is 0 Å². The second-order valence-electron chi connectivity index (χ2n) is 4.47. The molecule has 1 heterocycles. The van der Waals surface area contributed by atoms with Crippen molar-refractivity contribution in [1.29, 1.82) is 0 Å². The quantitative estimate of drug-likeness (QED) is 0.564. The predicted molar refractivity (Wildman–Crippen MR) is 82.2 cm³/mol. The Kier molecular flexibility index (Phi) is 9.43. The van der Waals surface area contributed by atoms with Crippen LogP contribution >= 0.6 is 0 Å². The molecule has 0 bridgehead atoms. The zero-order valence-electron chi connectivity index (χ0n) is 12.9. The van der Waals surface area contributed by atoms with Gasteiger partial charge in [-0.05, 0) is 19.8 Å². The van der Waals surface area contributed by atoms with Crippen LogP contribution in [0, 0.1) is 0 Å². The standard InChI is InChI=1S/C14H26N4O3/c1-3-20-11-14-17-12(15)10-13(18-14)16-6-4-5-7-21-9-8-19-2/h10H,3-9,11H2,1-2H3,(H3,15,16,17,18).